The van der Waals surface area contributed by atoms with Crippen molar-refractivity contribution in [2.75, 3.05) is 6.61 Å². The Hall–Kier alpha value is -0.610. The lowest BCUT2D eigenvalue weighted by molar-refractivity contribution is -0.134. The molecule has 1 amide bonds. The summed E-state index contributed by atoms with van der Waals surface area (Å²) < 4.78 is 5.60. The van der Waals surface area contributed by atoms with Gasteiger partial charge >= 0.3 is 0 Å². The van der Waals surface area contributed by atoms with E-state index in [1.54, 1.807) is 6.92 Å². The van der Waals surface area contributed by atoms with Crippen molar-refractivity contribution in [2.24, 2.45) is 5.73 Å². The zero-order chi connectivity index (χ0) is 13.1. The molecule has 0 aliphatic heterocycles. The van der Waals surface area contributed by atoms with Crippen molar-refractivity contribution in [2.45, 2.75) is 70.6 Å². The van der Waals surface area contributed by atoms with E-state index in [2.05, 4.69) is 5.32 Å². The number of amides is 1. The minimum Gasteiger partial charge on any atom is -0.367 e. The van der Waals surface area contributed by atoms with Crippen LogP contribution in [-0.2, 0) is 9.53 Å². The molecule has 0 spiro atoms. The molecule has 0 radical (unpaired) electrons. The molecule has 100 valence electrons. The van der Waals surface area contributed by atoms with Gasteiger partial charge < -0.3 is 15.8 Å². The first-order valence-corrected chi connectivity index (χ1v) is 6.44. The van der Waals surface area contributed by atoms with Gasteiger partial charge in [0.05, 0.1) is 6.61 Å². The summed E-state index contributed by atoms with van der Waals surface area (Å²) in [6, 6.07) is 0. The minimum absolute atomic E-state index is 0.0703. The highest BCUT2D eigenvalue weighted by atomic mass is 16.5. The van der Waals surface area contributed by atoms with Crippen LogP contribution in [0.15, 0.2) is 0 Å². The van der Waals surface area contributed by atoms with Gasteiger partial charge in [0.15, 0.2) is 0 Å². The second kappa shape index (κ2) is 5.36. The molecule has 0 aromatic rings. The van der Waals surface area contributed by atoms with E-state index < -0.39 is 6.10 Å². The molecule has 4 heteroatoms. The summed E-state index contributed by atoms with van der Waals surface area (Å²) in [4.78, 5) is 11.8. The van der Waals surface area contributed by atoms with E-state index in [1.165, 1.54) is 12.8 Å². The van der Waals surface area contributed by atoms with Crippen molar-refractivity contribution in [1.82, 2.24) is 5.32 Å². The molecule has 0 saturated heterocycles. The fourth-order valence-corrected chi connectivity index (χ4v) is 2.06. The maximum Gasteiger partial charge on any atom is 0.249 e. The molecule has 1 atom stereocenters. The van der Waals surface area contributed by atoms with Gasteiger partial charge in [-0.05, 0) is 40.5 Å². The van der Waals surface area contributed by atoms with Gasteiger partial charge in [0.2, 0.25) is 5.91 Å². The quantitative estimate of drug-likeness (QED) is 0.786. The summed E-state index contributed by atoms with van der Waals surface area (Å²) in [5.74, 6) is -0.0703. The third kappa shape index (κ3) is 5.04. The van der Waals surface area contributed by atoms with Crippen molar-refractivity contribution >= 4 is 5.91 Å². The molecule has 1 rings (SSSR count). The van der Waals surface area contributed by atoms with E-state index in [9.17, 15) is 4.79 Å². The highest BCUT2D eigenvalue weighted by Gasteiger charge is 2.31. The normalized spacial score (nSPS) is 21.2. The lowest BCUT2D eigenvalue weighted by Crippen LogP contribution is -2.48. The Kier molecular flexibility index (Phi) is 4.55. The lowest BCUT2D eigenvalue weighted by atomic mass is 10.0. The number of carbonyl (C=O) groups excluding carboxylic acids is 1. The van der Waals surface area contributed by atoms with Crippen LogP contribution < -0.4 is 11.1 Å². The Bertz CT molecular complexity index is 265. The van der Waals surface area contributed by atoms with Crippen LogP contribution in [0, 0.1) is 0 Å². The fraction of sp³-hybridized carbons (Fsp3) is 0.923. The molecule has 1 saturated carbocycles. The largest absolute Gasteiger partial charge is 0.367 e. The van der Waals surface area contributed by atoms with Gasteiger partial charge in [0, 0.05) is 11.1 Å². The predicted octanol–water partition coefficient (Wildman–Crippen LogP) is 1.58. The molecule has 0 aromatic carbocycles. The molecule has 4 nitrogen and oxygen atoms in total. The topological polar surface area (TPSA) is 64.3 Å². The van der Waals surface area contributed by atoms with Gasteiger partial charge in [-0.1, -0.05) is 12.8 Å². The zero-order valence-corrected chi connectivity index (χ0v) is 11.5. The van der Waals surface area contributed by atoms with Crippen molar-refractivity contribution in [3.8, 4) is 0 Å². The molecule has 0 bridgehead atoms. The van der Waals surface area contributed by atoms with Gasteiger partial charge in [-0.2, -0.15) is 0 Å². The third-order valence-corrected chi connectivity index (χ3v) is 3.09. The molecular formula is C13H26N2O2. The van der Waals surface area contributed by atoms with Crippen molar-refractivity contribution in [1.29, 1.82) is 0 Å². The molecule has 1 aliphatic carbocycles. The van der Waals surface area contributed by atoms with Gasteiger partial charge in [-0.25, -0.2) is 0 Å². The smallest absolute Gasteiger partial charge is 0.249 e. The van der Waals surface area contributed by atoms with Crippen LogP contribution in [0.3, 0.4) is 0 Å². The highest BCUT2D eigenvalue weighted by Crippen LogP contribution is 2.27. The van der Waals surface area contributed by atoms with Gasteiger partial charge in [0.1, 0.15) is 6.10 Å². The van der Waals surface area contributed by atoms with Gasteiger partial charge in [0.25, 0.3) is 0 Å². The molecule has 1 fully saturated rings. The number of carbonyl (C=O) groups is 1. The standard InChI is InChI=1S/C13H26N2O2/c1-10(11(16)15-12(2,3)4)17-9-13(14)7-5-6-8-13/h10H,5-9,14H2,1-4H3,(H,15,16). The first kappa shape index (κ1) is 14.5. The van der Waals surface area contributed by atoms with E-state index in [1.807, 2.05) is 20.8 Å². The SMILES string of the molecule is CC(OCC1(N)CCCC1)C(=O)NC(C)(C)C. The van der Waals surface area contributed by atoms with Crippen LogP contribution in [0.2, 0.25) is 0 Å². The maximum atomic E-state index is 11.8. The Labute approximate surface area is 104 Å². The van der Waals surface area contributed by atoms with Gasteiger partial charge in [-0.15, -0.1) is 0 Å². The Morgan fingerprint density at radius 3 is 2.41 bits per heavy atom. The summed E-state index contributed by atoms with van der Waals surface area (Å²) >= 11 is 0. The fourth-order valence-electron chi connectivity index (χ4n) is 2.06. The molecule has 3 N–H and O–H groups in total. The molecule has 0 aromatic heterocycles. The molecule has 1 aliphatic rings. The summed E-state index contributed by atoms with van der Waals surface area (Å²) in [5.41, 5.74) is 5.75. The second-order valence-electron chi connectivity index (χ2n) is 6.26. The molecule has 17 heavy (non-hydrogen) atoms. The number of ether oxygens (including phenoxy) is 1. The summed E-state index contributed by atoms with van der Waals surface area (Å²) in [6.45, 7) is 8.13. The van der Waals surface area contributed by atoms with Gasteiger partial charge in [-0.3, -0.25) is 4.79 Å². The van der Waals surface area contributed by atoms with Crippen LogP contribution >= 0.6 is 0 Å². The van der Waals surface area contributed by atoms with Crippen LogP contribution in [0.5, 0.6) is 0 Å². The summed E-state index contributed by atoms with van der Waals surface area (Å²) in [6.07, 6.45) is 3.90. The average molecular weight is 242 g/mol. The van der Waals surface area contributed by atoms with E-state index in [-0.39, 0.29) is 17.0 Å². The summed E-state index contributed by atoms with van der Waals surface area (Å²) in [7, 11) is 0. The van der Waals surface area contributed by atoms with E-state index in [0.717, 1.165) is 12.8 Å². The van der Waals surface area contributed by atoms with Crippen LogP contribution in [0.4, 0.5) is 0 Å². The van der Waals surface area contributed by atoms with Crippen LogP contribution in [0.1, 0.15) is 53.4 Å². The van der Waals surface area contributed by atoms with Crippen molar-refractivity contribution < 1.29 is 9.53 Å². The van der Waals surface area contributed by atoms with Crippen LogP contribution in [-0.4, -0.2) is 29.7 Å². The van der Waals surface area contributed by atoms with E-state index in [0.29, 0.717) is 6.61 Å². The number of nitrogens with two attached hydrogens (primary N) is 1. The predicted molar refractivity (Wildman–Crippen MR) is 68.7 cm³/mol. The van der Waals surface area contributed by atoms with E-state index in [4.69, 9.17) is 10.5 Å². The third-order valence-electron chi connectivity index (χ3n) is 3.09. The zero-order valence-electron chi connectivity index (χ0n) is 11.5. The number of rotatable bonds is 4. The lowest BCUT2D eigenvalue weighted by Gasteiger charge is -2.27. The molecular weight excluding hydrogens is 216 g/mol. The van der Waals surface area contributed by atoms with Crippen molar-refractivity contribution in [3.05, 3.63) is 0 Å². The number of hydrogen-bond acceptors (Lipinski definition) is 3. The highest BCUT2D eigenvalue weighted by molar-refractivity contribution is 5.80. The Morgan fingerprint density at radius 2 is 1.94 bits per heavy atom. The molecule has 1 unspecified atom stereocenters. The van der Waals surface area contributed by atoms with Crippen molar-refractivity contribution in [3.63, 3.8) is 0 Å². The molecule has 0 heterocycles. The maximum absolute atomic E-state index is 11.8. The Morgan fingerprint density at radius 1 is 1.41 bits per heavy atom. The number of hydrogen-bond donors (Lipinski definition) is 2. The first-order chi connectivity index (χ1) is 7.72. The minimum atomic E-state index is -0.435. The average Bonchev–Trinajstić information content (AvgIpc) is 2.59. The van der Waals surface area contributed by atoms with Crippen LogP contribution in [0.25, 0.3) is 0 Å². The van der Waals surface area contributed by atoms with E-state index >= 15 is 0 Å². The Balaban J connectivity index is 2.33. The number of nitrogens with one attached hydrogen (secondary N) is 1. The monoisotopic (exact) mass is 242 g/mol. The summed E-state index contributed by atoms with van der Waals surface area (Å²) in [5, 5.41) is 2.90. The first-order valence-electron chi connectivity index (χ1n) is 6.44. The second-order valence-corrected chi connectivity index (χ2v) is 6.26.